The van der Waals surface area contributed by atoms with Gasteiger partial charge in [0.1, 0.15) is 18.1 Å². The number of nitrogens with one attached hydrogen (secondary N) is 3. The Labute approximate surface area is 406 Å². The summed E-state index contributed by atoms with van der Waals surface area (Å²) in [6.07, 6.45) is 0.141. The number of halogens is 1. The van der Waals surface area contributed by atoms with Crippen LogP contribution in [0.4, 0.5) is 4.79 Å². The normalized spacial score (nSPS) is 15.8. The first-order valence-corrected chi connectivity index (χ1v) is 23.2. The molecule has 0 aromatic heterocycles. The first-order chi connectivity index (χ1) is 32.6. The number of urea groups is 1. The minimum Gasteiger partial charge on any atom is -0.481 e. The van der Waals surface area contributed by atoms with Gasteiger partial charge in [0.2, 0.25) is 11.8 Å². The minimum atomic E-state index is -1.55. The molecule has 1 aromatic rings. The summed E-state index contributed by atoms with van der Waals surface area (Å²) >= 11 is 3.38. The van der Waals surface area contributed by atoms with Gasteiger partial charge in [0.25, 0.3) is 0 Å². The Morgan fingerprint density at radius 3 is 1.51 bits per heavy atom. The van der Waals surface area contributed by atoms with Crippen LogP contribution in [0, 0.1) is 0 Å². The van der Waals surface area contributed by atoms with Crippen LogP contribution in [0.15, 0.2) is 28.7 Å². The molecule has 25 nitrogen and oxygen atoms in total. The molecule has 1 fully saturated rings. The summed E-state index contributed by atoms with van der Waals surface area (Å²) in [6, 6.07) is 2.05. The second-order valence-corrected chi connectivity index (χ2v) is 17.4. The van der Waals surface area contributed by atoms with E-state index in [9.17, 15) is 78.6 Å². The van der Waals surface area contributed by atoms with Crippen molar-refractivity contribution in [3.63, 3.8) is 0 Å². The molecule has 4 amide bonds. The molecule has 26 heteroatoms. The minimum absolute atomic E-state index is 0.0613. The third kappa shape index (κ3) is 25.8. The maximum atomic E-state index is 13.5. The van der Waals surface area contributed by atoms with Gasteiger partial charge in [-0.25, -0.2) is 14.4 Å². The number of carbonyl (C=O) groups is 10. The van der Waals surface area contributed by atoms with Gasteiger partial charge in [0.05, 0.1) is 19.6 Å². The average Bonchev–Trinajstić information content (AvgIpc) is 3.25. The summed E-state index contributed by atoms with van der Waals surface area (Å²) in [5.41, 5.74) is 0.823. The third-order valence-electron chi connectivity index (χ3n) is 11.1. The van der Waals surface area contributed by atoms with Crippen molar-refractivity contribution in [2.24, 2.45) is 0 Å². The summed E-state index contributed by atoms with van der Waals surface area (Å²) in [4.78, 5) is 128. The Kier molecular flexibility index (Phi) is 27.4. The molecule has 0 spiro atoms. The zero-order valence-electron chi connectivity index (χ0n) is 38.3. The molecule has 386 valence electrons. The number of amides is 4. The molecule has 1 saturated heterocycles. The van der Waals surface area contributed by atoms with E-state index in [-0.39, 0.29) is 130 Å². The average molecular weight is 1050 g/mol. The zero-order valence-corrected chi connectivity index (χ0v) is 39.9. The van der Waals surface area contributed by atoms with Crippen molar-refractivity contribution in [2.45, 2.75) is 88.9 Å². The zero-order chi connectivity index (χ0) is 51.5. The van der Waals surface area contributed by atoms with Crippen molar-refractivity contribution >= 4 is 75.6 Å². The third-order valence-corrected chi connectivity index (χ3v) is 11.7. The number of unbranched alkanes of at least 4 members (excludes halogenated alkanes) is 2. The molecule has 1 aromatic carbocycles. The largest absolute Gasteiger partial charge is 0.481 e. The Morgan fingerprint density at radius 1 is 0.551 bits per heavy atom. The monoisotopic (exact) mass is 1040 g/mol. The fourth-order valence-corrected chi connectivity index (χ4v) is 7.68. The molecular weight excluding hydrogens is 980 g/mol. The highest BCUT2D eigenvalue weighted by molar-refractivity contribution is 9.10. The quantitative estimate of drug-likeness (QED) is 0.0454. The van der Waals surface area contributed by atoms with Crippen molar-refractivity contribution in [1.82, 2.24) is 40.4 Å². The van der Waals surface area contributed by atoms with Crippen LogP contribution in [-0.4, -0.2) is 223 Å². The second-order valence-electron chi connectivity index (χ2n) is 16.5. The van der Waals surface area contributed by atoms with Crippen LogP contribution in [0.3, 0.4) is 0 Å². The molecule has 0 aliphatic carbocycles. The van der Waals surface area contributed by atoms with Gasteiger partial charge >= 0.3 is 47.8 Å². The highest BCUT2D eigenvalue weighted by Crippen LogP contribution is 2.16. The van der Waals surface area contributed by atoms with Gasteiger partial charge in [0, 0.05) is 95.7 Å². The molecule has 1 heterocycles. The number of hydrogen-bond acceptors (Lipinski definition) is 14. The first kappa shape index (κ1) is 59.2. The molecule has 2 unspecified atom stereocenters. The van der Waals surface area contributed by atoms with Crippen LogP contribution in [0.25, 0.3) is 0 Å². The molecule has 1 aliphatic rings. The second kappa shape index (κ2) is 32.0. The summed E-state index contributed by atoms with van der Waals surface area (Å²) in [6.45, 7) is 0.502. The molecular formula is C43H65BrN8O17. The lowest BCUT2D eigenvalue weighted by molar-refractivity contribution is -0.145. The van der Waals surface area contributed by atoms with Crippen molar-refractivity contribution in [3.8, 4) is 0 Å². The van der Waals surface area contributed by atoms with Gasteiger partial charge in [-0.1, -0.05) is 28.1 Å². The Hall–Kier alpha value is -5.96. The SMILES string of the molecule is O=C(O)CCC(NC(=O)N[C@@H](CCCCN(Cc1ccc(Br)cc1)C(=O)CCCCNC(=O)CCC(C(=O)O)N1CCN(CC(=O)O)CCN(CC(=O)O)CCN(CC(=O)O)CC1)C(=O)O)C(=O)O. The van der Waals surface area contributed by atoms with Crippen molar-refractivity contribution in [3.05, 3.63) is 34.3 Å². The van der Waals surface area contributed by atoms with Gasteiger partial charge in [0.15, 0.2) is 0 Å². The predicted octanol–water partition coefficient (Wildman–Crippen LogP) is 0.0137. The molecule has 3 atom stereocenters. The van der Waals surface area contributed by atoms with E-state index in [2.05, 4.69) is 31.9 Å². The smallest absolute Gasteiger partial charge is 0.326 e. The van der Waals surface area contributed by atoms with E-state index < -0.39 is 84.7 Å². The molecule has 2 rings (SSSR count). The maximum Gasteiger partial charge on any atom is 0.326 e. The Morgan fingerprint density at radius 2 is 1.04 bits per heavy atom. The predicted molar refractivity (Wildman–Crippen MR) is 246 cm³/mol. The lowest BCUT2D eigenvalue weighted by Crippen LogP contribution is -2.52. The standard InChI is InChI=1S/C43H65BrN8O17/c44-30-9-7-29(8-10-30)25-52(16-4-2-5-31(40(63)64)46-43(69)47-32(41(65)66)11-14-36(55)56)35(54)6-1-3-15-45-34(53)13-12-33(42(67)68)51-23-21-49(27-38(59)60)19-17-48(26-37(57)58)18-20-50(22-24-51)28-39(61)62/h7-10,31-33H,1-6,11-28H2,(H,45,53)(H,55,56)(H,57,58)(H,59,60)(H,61,62)(H,63,64)(H,65,66)(H,67,68)(H2,46,47,69)/t31-,32?,33?/m0/s1. The number of benzene rings is 1. The summed E-state index contributed by atoms with van der Waals surface area (Å²) in [5.74, 6) is -9.38. The highest BCUT2D eigenvalue weighted by Gasteiger charge is 2.29. The van der Waals surface area contributed by atoms with Crippen LogP contribution in [0.2, 0.25) is 0 Å². The Balaban J connectivity index is 1.99. The van der Waals surface area contributed by atoms with Gasteiger partial charge < -0.3 is 56.6 Å². The summed E-state index contributed by atoms with van der Waals surface area (Å²) in [5, 5.41) is 73.6. The topological polar surface area (TPSA) is 365 Å². The van der Waals surface area contributed by atoms with Crippen LogP contribution in [0.1, 0.15) is 69.8 Å². The molecule has 0 saturated carbocycles. The van der Waals surface area contributed by atoms with Gasteiger partial charge in [-0.05, 0) is 62.6 Å². The lowest BCUT2D eigenvalue weighted by Gasteiger charge is -2.35. The van der Waals surface area contributed by atoms with Crippen LogP contribution in [-0.2, 0) is 49.7 Å². The van der Waals surface area contributed by atoms with Crippen molar-refractivity contribution in [2.75, 3.05) is 85.1 Å². The van der Waals surface area contributed by atoms with E-state index in [1.54, 1.807) is 24.5 Å². The Bertz CT molecular complexity index is 1860. The van der Waals surface area contributed by atoms with E-state index in [0.717, 1.165) is 10.0 Å². The van der Waals surface area contributed by atoms with E-state index in [0.29, 0.717) is 19.3 Å². The highest BCUT2D eigenvalue weighted by atomic mass is 79.9. The molecule has 1 aliphatic heterocycles. The molecule has 0 radical (unpaired) electrons. The molecule has 10 N–H and O–H groups in total. The van der Waals surface area contributed by atoms with Crippen LogP contribution >= 0.6 is 15.9 Å². The van der Waals surface area contributed by atoms with E-state index in [1.807, 2.05) is 24.3 Å². The van der Waals surface area contributed by atoms with Crippen LogP contribution < -0.4 is 16.0 Å². The summed E-state index contributed by atoms with van der Waals surface area (Å²) in [7, 11) is 0. The fraction of sp³-hybridized carbons (Fsp3) is 0.628. The number of rotatable bonds is 30. The fourth-order valence-electron chi connectivity index (χ4n) is 7.41. The number of nitrogens with zero attached hydrogens (tertiary/aromatic N) is 5. The van der Waals surface area contributed by atoms with Gasteiger partial charge in [-0.15, -0.1) is 0 Å². The van der Waals surface area contributed by atoms with Crippen molar-refractivity contribution in [1.29, 1.82) is 0 Å². The molecule has 0 bridgehead atoms. The van der Waals surface area contributed by atoms with Gasteiger partial charge in [-0.2, -0.15) is 0 Å². The van der Waals surface area contributed by atoms with Gasteiger partial charge in [-0.3, -0.25) is 53.2 Å². The summed E-state index contributed by atoms with van der Waals surface area (Å²) < 4.78 is 0.828. The number of hydrogen-bond donors (Lipinski definition) is 10. The maximum absolute atomic E-state index is 13.5. The number of carboxylic acids is 7. The number of carbonyl (C=O) groups excluding carboxylic acids is 3. The van der Waals surface area contributed by atoms with E-state index >= 15 is 0 Å². The van der Waals surface area contributed by atoms with Crippen molar-refractivity contribution < 1.29 is 83.7 Å². The number of carboxylic acid groups (broad SMARTS) is 7. The molecule has 69 heavy (non-hydrogen) atoms. The van der Waals surface area contributed by atoms with Crippen LogP contribution in [0.5, 0.6) is 0 Å². The van der Waals surface area contributed by atoms with E-state index in [4.69, 9.17) is 5.11 Å². The van der Waals surface area contributed by atoms with E-state index in [1.165, 1.54) is 0 Å². The number of aliphatic carboxylic acids is 7. The lowest BCUT2D eigenvalue weighted by atomic mass is 10.1. The first-order valence-electron chi connectivity index (χ1n) is 22.5.